The second kappa shape index (κ2) is 11.0. The highest BCUT2D eigenvalue weighted by Crippen LogP contribution is 2.27. The Morgan fingerprint density at radius 2 is 1.65 bits per heavy atom. The maximum Gasteiger partial charge on any atom is 0.227 e. The number of benzene rings is 2. The fraction of sp³-hybridized carbons (Fsp3) is 0.462. The molecule has 2 aliphatic rings. The van der Waals surface area contributed by atoms with Gasteiger partial charge in [-0.25, -0.2) is 8.78 Å². The Balaban J connectivity index is 1.49. The fourth-order valence-corrected chi connectivity index (χ4v) is 4.50. The molecule has 6 nitrogen and oxygen atoms in total. The van der Waals surface area contributed by atoms with E-state index in [2.05, 4.69) is 0 Å². The maximum absolute atomic E-state index is 14.1. The predicted octanol–water partition coefficient (Wildman–Crippen LogP) is 3.59. The lowest BCUT2D eigenvalue weighted by Gasteiger charge is -2.43. The van der Waals surface area contributed by atoms with Gasteiger partial charge in [-0.2, -0.15) is 0 Å². The minimum absolute atomic E-state index is 0.0295. The minimum Gasteiger partial charge on any atom is -0.490 e. The fourth-order valence-electron chi connectivity index (χ4n) is 4.50. The number of morpholine rings is 1. The van der Waals surface area contributed by atoms with E-state index < -0.39 is 11.4 Å². The number of halogens is 2. The number of amides is 2. The minimum atomic E-state index is -1.05. The van der Waals surface area contributed by atoms with Crippen molar-refractivity contribution in [2.24, 2.45) is 0 Å². The van der Waals surface area contributed by atoms with E-state index in [1.807, 2.05) is 4.90 Å². The topological polar surface area (TPSA) is 59.1 Å². The van der Waals surface area contributed by atoms with Crippen molar-refractivity contribution in [1.82, 2.24) is 9.80 Å². The van der Waals surface area contributed by atoms with Crippen molar-refractivity contribution in [2.75, 3.05) is 39.4 Å². The smallest absolute Gasteiger partial charge is 0.227 e. The number of piperidine rings is 1. The van der Waals surface area contributed by atoms with Crippen LogP contribution in [0, 0.1) is 11.6 Å². The van der Waals surface area contributed by atoms with Crippen LogP contribution in [0.1, 0.15) is 31.2 Å². The van der Waals surface area contributed by atoms with Gasteiger partial charge in [-0.1, -0.05) is 18.2 Å². The molecule has 182 valence electrons. The molecule has 2 fully saturated rings. The lowest BCUT2D eigenvalue weighted by atomic mass is 9.95. The molecule has 8 heteroatoms. The maximum atomic E-state index is 14.1. The molecule has 2 aromatic rings. The van der Waals surface area contributed by atoms with Crippen molar-refractivity contribution in [3.8, 4) is 5.75 Å². The van der Waals surface area contributed by atoms with Crippen LogP contribution in [0.2, 0.25) is 0 Å². The van der Waals surface area contributed by atoms with Crippen LogP contribution in [0.4, 0.5) is 8.78 Å². The third-order valence-corrected chi connectivity index (χ3v) is 6.40. The number of likely N-dealkylation sites (tertiary alicyclic amines) is 1. The van der Waals surface area contributed by atoms with Crippen LogP contribution in [0.3, 0.4) is 0 Å². The molecule has 0 bridgehead atoms. The number of ether oxygens (including phenoxy) is 2. The SMILES string of the molecule is O=C(CC1(COc2ccc(F)cc2)CN(C(=O)Cc2ccccc2F)CCO1)N1CCCCC1. The summed E-state index contributed by atoms with van der Waals surface area (Å²) in [5.41, 5.74) is -0.719. The lowest BCUT2D eigenvalue weighted by molar-refractivity contribution is -0.166. The summed E-state index contributed by atoms with van der Waals surface area (Å²) >= 11 is 0. The second-order valence-corrected chi connectivity index (χ2v) is 8.98. The zero-order chi connectivity index (χ0) is 24.0. The first-order valence-electron chi connectivity index (χ1n) is 11.8. The highest BCUT2D eigenvalue weighted by atomic mass is 19.1. The summed E-state index contributed by atoms with van der Waals surface area (Å²) in [4.78, 5) is 29.6. The number of rotatable bonds is 7. The summed E-state index contributed by atoms with van der Waals surface area (Å²) in [6, 6.07) is 11.8. The molecule has 2 saturated heterocycles. The van der Waals surface area contributed by atoms with Gasteiger partial charge in [0.1, 0.15) is 29.6 Å². The van der Waals surface area contributed by atoms with E-state index in [0.717, 1.165) is 19.3 Å². The first-order valence-corrected chi connectivity index (χ1v) is 11.8. The Bertz CT molecular complexity index is 995. The first kappa shape index (κ1) is 24.1. The van der Waals surface area contributed by atoms with Gasteiger partial charge in [0.15, 0.2) is 0 Å². The molecule has 34 heavy (non-hydrogen) atoms. The first-order chi connectivity index (χ1) is 16.4. The van der Waals surface area contributed by atoms with Gasteiger partial charge in [-0.15, -0.1) is 0 Å². The summed E-state index contributed by atoms with van der Waals surface area (Å²) < 4.78 is 39.4. The van der Waals surface area contributed by atoms with Gasteiger partial charge in [-0.3, -0.25) is 9.59 Å². The summed E-state index contributed by atoms with van der Waals surface area (Å²) in [5, 5.41) is 0. The number of nitrogens with zero attached hydrogens (tertiary/aromatic N) is 2. The van der Waals surface area contributed by atoms with Gasteiger partial charge in [-0.05, 0) is 55.2 Å². The Hall–Kier alpha value is -3.00. The summed E-state index contributed by atoms with van der Waals surface area (Å²) in [5.74, 6) is -0.614. The average molecular weight is 473 g/mol. The summed E-state index contributed by atoms with van der Waals surface area (Å²) in [6.07, 6.45) is 3.05. The molecule has 0 aliphatic carbocycles. The second-order valence-electron chi connectivity index (χ2n) is 8.98. The average Bonchev–Trinajstić information content (AvgIpc) is 2.86. The van der Waals surface area contributed by atoms with Gasteiger partial charge in [0.2, 0.25) is 11.8 Å². The lowest BCUT2D eigenvalue weighted by Crippen LogP contribution is -2.58. The standard InChI is InChI=1S/C26H30F2N2O4/c27-21-8-10-22(11-9-21)33-19-26(17-25(32)29-12-4-1-5-13-29)18-30(14-15-34-26)24(31)16-20-6-2-3-7-23(20)28/h2-3,6-11H,1,4-5,12-19H2. The Labute approximate surface area is 198 Å². The summed E-state index contributed by atoms with van der Waals surface area (Å²) in [6.45, 7) is 2.20. The Morgan fingerprint density at radius 1 is 0.912 bits per heavy atom. The largest absolute Gasteiger partial charge is 0.490 e. The molecule has 2 aliphatic heterocycles. The van der Waals surface area contributed by atoms with E-state index in [4.69, 9.17) is 9.47 Å². The zero-order valence-electron chi connectivity index (χ0n) is 19.2. The normalized spacial score (nSPS) is 20.8. The zero-order valence-corrected chi connectivity index (χ0v) is 19.2. The molecule has 4 rings (SSSR count). The van der Waals surface area contributed by atoms with E-state index in [9.17, 15) is 18.4 Å². The van der Waals surface area contributed by atoms with Gasteiger partial charge in [0.25, 0.3) is 0 Å². The quantitative estimate of drug-likeness (QED) is 0.618. The van der Waals surface area contributed by atoms with Crippen molar-refractivity contribution in [1.29, 1.82) is 0 Å². The van der Waals surface area contributed by atoms with E-state index >= 15 is 0 Å². The van der Waals surface area contributed by atoms with E-state index in [1.54, 1.807) is 23.1 Å². The van der Waals surface area contributed by atoms with Gasteiger partial charge >= 0.3 is 0 Å². The molecule has 2 aromatic carbocycles. The van der Waals surface area contributed by atoms with Gasteiger partial charge in [0, 0.05) is 19.6 Å². The van der Waals surface area contributed by atoms with Crippen molar-refractivity contribution < 1.29 is 27.8 Å². The molecule has 2 heterocycles. The molecule has 0 spiro atoms. The monoisotopic (exact) mass is 472 g/mol. The summed E-state index contributed by atoms with van der Waals surface area (Å²) in [7, 11) is 0. The van der Waals surface area contributed by atoms with E-state index in [1.165, 1.54) is 30.3 Å². The van der Waals surface area contributed by atoms with E-state index in [-0.39, 0.29) is 50.2 Å². The van der Waals surface area contributed by atoms with Crippen LogP contribution in [0.15, 0.2) is 48.5 Å². The van der Waals surface area contributed by atoms with E-state index in [0.29, 0.717) is 30.9 Å². The Kier molecular flexibility index (Phi) is 7.77. The molecule has 0 saturated carbocycles. The molecule has 0 radical (unpaired) electrons. The van der Waals surface area contributed by atoms with Crippen molar-refractivity contribution >= 4 is 11.8 Å². The van der Waals surface area contributed by atoms with Gasteiger partial charge < -0.3 is 19.3 Å². The predicted molar refractivity (Wildman–Crippen MR) is 122 cm³/mol. The molecule has 0 N–H and O–H groups in total. The van der Waals surface area contributed by atoms with Crippen LogP contribution < -0.4 is 4.74 Å². The van der Waals surface area contributed by atoms with Crippen molar-refractivity contribution in [3.63, 3.8) is 0 Å². The van der Waals surface area contributed by atoms with Crippen molar-refractivity contribution in [2.45, 2.75) is 37.7 Å². The number of hydrogen-bond acceptors (Lipinski definition) is 4. The highest BCUT2D eigenvalue weighted by molar-refractivity contribution is 5.80. The van der Waals surface area contributed by atoms with Gasteiger partial charge in [0.05, 0.1) is 26.0 Å². The van der Waals surface area contributed by atoms with Crippen LogP contribution in [-0.2, 0) is 20.7 Å². The third-order valence-electron chi connectivity index (χ3n) is 6.40. The molecule has 0 aromatic heterocycles. The van der Waals surface area contributed by atoms with Crippen molar-refractivity contribution in [3.05, 3.63) is 65.7 Å². The molecule has 2 amide bonds. The molecular weight excluding hydrogens is 442 g/mol. The number of carbonyl (C=O) groups is 2. The highest BCUT2D eigenvalue weighted by Gasteiger charge is 2.42. The Morgan fingerprint density at radius 3 is 2.38 bits per heavy atom. The van der Waals surface area contributed by atoms with Crippen LogP contribution >= 0.6 is 0 Å². The van der Waals surface area contributed by atoms with Crippen LogP contribution in [-0.4, -0.2) is 66.6 Å². The third kappa shape index (κ3) is 6.11. The molecule has 1 atom stereocenters. The van der Waals surface area contributed by atoms with Crippen LogP contribution in [0.25, 0.3) is 0 Å². The number of hydrogen-bond donors (Lipinski definition) is 0. The molecular formula is C26H30F2N2O4. The molecule has 1 unspecified atom stereocenters. The van der Waals surface area contributed by atoms with Crippen LogP contribution in [0.5, 0.6) is 5.75 Å². The number of carbonyl (C=O) groups excluding carboxylic acids is 2.